The molecule has 0 bridgehead atoms. The van der Waals surface area contributed by atoms with Gasteiger partial charge in [-0.3, -0.25) is 0 Å². The van der Waals surface area contributed by atoms with Crippen LogP contribution in [0.4, 0.5) is 0 Å². The van der Waals surface area contributed by atoms with Crippen molar-refractivity contribution in [1.29, 1.82) is 0 Å². The van der Waals surface area contributed by atoms with Gasteiger partial charge in [-0.25, -0.2) is 0 Å². The molecule has 0 amide bonds. The molecule has 2 aliphatic carbocycles. The molecular weight excluding hydrogens is 262 g/mol. The smallest absolute Gasteiger partial charge is 0.234 e. The summed E-state index contributed by atoms with van der Waals surface area (Å²) >= 11 is 0. The fourth-order valence-electron chi connectivity index (χ4n) is 4.12. The van der Waals surface area contributed by atoms with E-state index in [1.807, 2.05) is 0 Å². The monoisotopic (exact) mass is 291 g/mol. The summed E-state index contributed by atoms with van der Waals surface area (Å²) in [6, 6.07) is 0. The van der Waals surface area contributed by atoms with Crippen LogP contribution in [-0.2, 0) is 5.41 Å². The van der Waals surface area contributed by atoms with Gasteiger partial charge in [0.1, 0.15) is 0 Å². The van der Waals surface area contributed by atoms with Gasteiger partial charge < -0.3 is 10.3 Å². The lowest BCUT2D eigenvalue weighted by Crippen LogP contribution is -2.39. The molecule has 2 fully saturated rings. The highest BCUT2D eigenvalue weighted by atomic mass is 16.5. The zero-order chi connectivity index (χ0) is 14.9. The van der Waals surface area contributed by atoms with Crippen molar-refractivity contribution in [2.45, 2.75) is 76.5 Å². The largest absolute Gasteiger partial charge is 0.339 e. The number of rotatable bonds is 4. The zero-order valence-electron chi connectivity index (χ0n) is 13.5. The van der Waals surface area contributed by atoms with Crippen LogP contribution in [0.15, 0.2) is 4.52 Å². The highest BCUT2D eigenvalue weighted by Crippen LogP contribution is 2.42. The second-order valence-electron chi connectivity index (χ2n) is 7.41. The SMILES string of the molecule is CCC1CCC(c2noc(C3(CN)CCC(C)CC3)n2)C1. The van der Waals surface area contributed by atoms with Gasteiger partial charge in [0.2, 0.25) is 5.89 Å². The fraction of sp³-hybridized carbons (Fsp3) is 0.882. The van der Waals surface area contributed by atoms with E-state index in [4.69, 9.17) is 15.2 Å². The highest BCUT2D eigenvalue weighted by Gasteiger charge is 2.40. The van der Waals surface area contributed by atoms with E-state index >= 15 is 0 Å². The van der Waals surface area contributed by atoms with Crippen LogP contribution in [-0.4, -0.2) is 16.7 Å². The van der Waals surface area contributed by atoms with Gasteiger partial charge in [-0.15, -0.1) is 0 Å². The molecule has 0 radical (unpaired) electrons. The van der Waals surface area contributed by atoms with Gasteiger partial charge in [0.05, 0.1) is 5.41 Å². The Morgan fingerprint density at radius 1 is 1.24 bits per heavy atom. The lowest BCUT2D eigenvalue weighted by atomic mass is 9.71. The molecule has 21 heavy (non-hydrogen) atoms. The summed E-state index contributed by atoms with van der Waals surface area (Å²) in [5.41, 5.74) is 6.04. The van der Waals surface area contributed by atoms with Crippen LogP contribution in [0.2, 0.25) is 0 Å². The van der Waals surface area contributed by atoms with E-state index in [0.29, 0.717) is 12.5 Å². The summed E-state index contributed by atoms with van der Waals surface area (Å²) < 4.78 is 5.67. The Bertz CT molecular complexity index is 462. The van der Waals surface area contributed by atoms with E-state index in [2.05, 4.69) is 19.0 Å². The van der Waals surface area contributed by atoms with Crippen LogP contribution in [0, 0.1) is 11.8 Å². The van der Waals surface area contributed by atoms with Crippen molar-refractivity contribution < 1.29 is 4.52 Å². The van der Waals surface area contributed by atoms with Crippen LogP contribution >= 0.6 is 0 Å². The lowest BCUT2D eigenvalue weighted by Gasteiger charge is -2.35. The number of hydrogen-bond donors (Lipinski definition) is 1. The summed E-state index contributed by atoms with van der Waals surface area (Å²) in [6.07, 6.45) is 9.64. The fourth-order valence-corrected chi connectivity index (χ4v) is 4.12. The molecule has 0 aromatic carbocycles. The van der Waals surface area contributed by atoms with E-state index in [9.17, 15) is 0 Å². The predicted octanol–water partition coefficient (Wildman–Crippen LogP) is 3.77. The van der Waals surface area contributed by atoms with Crippen molar-refractivity contribution in [3.05, 3.63) is 11.7 Å². The average Bonchev–Trinajstić information content (AvgIpc) is 3.17. The molecule has 0 aliphatic heterocycles. The maximum Gasteiger partial charge on any atom is 0.234 e. The van der Waals surface area contributed by atoms with Crippen molar-refractivity contribution in [3.63, 3.8) is 0 Å². The first kappa shape index (κ1) is 15.0. The minimum atomic E-state index is -0.0550. The molecule has 2 saturated carbocycles. The maximum atomic E-state index is 6.09. The number of aromatic nitrogens is 2. The van der Waals surface area contributed by atoms with E-state index in [-0.39, 0.29) is 5.41 Å². The minimum absolute atomic E-state index is 0.0550. The van der Waals surface area contributed by atoms with Gasteiger partial charge in [-0.05, 0) is 56.8 Å². The predicted molar refractivity (Wildman–Crippen MR) is 83.0 cm³/mol. The van der Waals surface area contributed by atoms with E-state index < -0.39 is 0 Å². The molecular formula is C17H29N3O. The highest BCUT2D eigenvalue weighted by molar-refractivity contribution is 5.10. The molecule has 2 aliphatic rings. The molecule has 0 spiro atoms. The quantitative estimate of drug-likeness (QED) is 0.917. The topological polar surface area (TPSA) is 64.9 Å². The molecule has 3 rings (SSSR count). The number of nitrogens with zero attached hydrogens (tertiary/aromatic N) is 2. The normalized spacial score (nSPS) is 37.0. The van der Waals surface area contributed by atoms with Gasteiger partial charge in [0.25, 0.3) is 0 Å². The second-order valence-corrected chi connectivity index (χ2v) is 7.41. The van der Waals surface area contributed by atoms with Crippen molar-refractivity contribution in [2.75, 3.05) is 6.54 Å². The Balaban J connectivity index is 1.74. The summed E-state index contributed by atoms with van der Waals surface area (Å²) in [5.74, 6) is 3.90. The Labute approximate surface area is 127 Å². The standard InChI is InChI=1S/C17H29N3O/c1-3-13-4-5-14(10-13)15-19-16(21-20-15)17(11-18)8-6-12(2)7-9-17/h12-14H,3-11,18H2,1-2H3. The van der Waals surface area contributed by atoms with Crippen molar-refractivity contribution in [2.24, 2.45) is 17.6 Å². The first-order valence-electron chi connectivity index (χ1n) is 8.71. The average molecular weight is 291 g/mol. The summed E-state index contributed by atoms with van der Waals surface area (Å²) in [5, 5.41) is 4.31. The summed E-state index contributed by atoms with van der Waals surface area (Å²) in [7, 11) is 0. The summed E-state index contributed by atoms with van der Waals surface area (Å²) in [4.78, 5) is 4.79. The van der Waals surface area contributed by atoms with Crippen molar-refractivity contribution in [1.82, 2.24) is 10.1 Å². The maximum absolute atomic E-state index is 6.09. The van der Waals surface area contributed by atoms with Crippen LogP contribution in [0.1, 0.15) is 82.8 Å². The van der Waals surface area contributed by atoms with Gasteiger partial charge in [-0.1, -0.05) is 25.4 Å². The van der Waals surface area contributed by atoms with Crippen LogP contribution in [0.5, 0.6) is 0 Å². The molecule has 2 unspecified atom stereocenters. The first-order chi connectivity index (χ1) is 10.2. The van der Waals surface area contributed by atoms with Crippen molar-refractivity contribution >= 4 is 0 Å². The molecule has 0 saturated heterocycles. The third-order valence-corrected chi connectivity index (χ3v) is 6.00. The van der Waals surface area contributed by atoms with Crippen molar-refractivity contribution in [3.8, 4) is 0 Å². The van der Waals surface area contributed by atoms with E-state index in [1.165, 1.54) is 38.5 Å². The van der Waals surface area contributed by atoms with Crippen LogP contribution in [0.3, 0.4) is 0 Å². The Hall–Kier alpha value is -0.900. The molecule has 118 valence electrons. The molecule has 4 nitrogen and oxygen atoms in total. The first-order valence-corrected chi connectivity index (χ1v) is 8.71. The third kappa shape index (κ3) is 2.87. The zero-order valence-corrected chi connectivity index (χ0v) is 13.5. The van der Waals surface area contributed by atoms with E-state index in [0.717, 1.165) is 36.4 Å². The van der Waals surface area contributed by atoms with Gasteiger partial charge in [-0.2, -0.15) is 4.98 Å². The molecule has 1 aromatic rings. The Morgan fingerprint density at radius 3 is 2.62 bits per heavy atom. The molecule has 1 aromatic heterocycles. The van der Waals surface area contributed by atoms with Gasteiger partial charge in [0, 0.05) is 12.5 Å². The number of hydrogen-bond acceptors (Lipinski definition) is 4. The van der Waals surface area contributed by atoms with Gasteiger partial charge >= 0.3 is 0 Å². The molecule has 1 heterocycles. The molecule has 2 N–H and O–H groups in total. The van der Waals surface area contributed by atoms with E-state index in [1.54, 1.807) is 0 Å². The molecule has 4 heteroatoms. The third-order valence-electron chi connectivity index (χ3n) is 6.00. The van der Waals surface area contributed by atoms with Crippen LogP contribution in [0.25, 0.3) is 0 Å². The Morgan fingerprint density at radius 2 is 2.00 bits per heavy atom. The number of nitrogens with two attached hydrogens (primary N) is 1. The van der Waals surface area contributed by atoms with Crippen LogP contribution < -0.4 is 5.73 Å². The molecule has 2 atom stereocenters. The minimum Gasteiger partial charge on any atom is -0.339 e. The lowest BCUT2D eigenvalue weighted by molar-refractivity contribution is 0.191. The van der Waals surface area contributed by atoms with Gasteiger partial charge in [0.15, 0.2) is 5.82 Å². The summed E-state index contributed by atoms with van der Waals surface area (Å²) in [6.45, 7) is 5.23. The Kier molecular flexibility index (Phi) is 4.34. The second kappa shape index (κ2) is 6.07.